The Kier molecular flexibility index (Phi) is 4.32. The molecule has 1 aromatic carbocycles. The van der Waals surface area contributed by atoms with E-state index in [1.165, 1.54) is 12.1 Å². The number of hydrogen-bond donors (Lipinski definition) is 1. The zero-order chi connectivity index (χ0) is 18.2. The predicted octanol–water partition coefficient (Wildman–Crippen LogP) is 2.38. The zero-order valence-electron chi connectivity index (χ0n) is 14.8. The largest absolute Gasteiger partial charge is 0.379 e. The number of rotatable bonds is 4. The lowest BCUT2D eigenvalue weighted by molar-refractivity contribution is -0.141. The number of carbonyl (C=O) groups is 1. The van der Waals surface area contributed by atoms with Crippen LogP contribution in [-0.2, 0) is 23.2 Å². The fourth-order valence-electron chi connectivity index (χ4n) is 2.89. The fraction of sp³-hybridized carbons (Fsp3) is 0.389. The number of oxime groups is 1. The maximum absolute atomic E-state index is 13.0. The topological polar surface area (TPSA) is 68.5 Å². The molecule has 0 unspecified atom stereocenters. The quantitative estimate of drug-likeness (QED) is 0.926. The van der Waals surface area contributed by atoms with Gasteiger partial charge < -0.3 is 10.2 Å². The Labute approximate surface area is 145 Å². The van der Waals surface area contributed by atoms with Crippen LogP contribution in [0.25, 0.3) is 0 Å². The Morgan fingerprint density at radius 2 is 2.04 bits per heavy atom. The van der Waals surface area contributed by atoms with Gasteiger partial charge in [0.1, 0.15) is 5.82 Å². The third kappa shape index (κ3) is 3.26. The molecule has 0 aliphatic carbocycles. The number of halogens is 1. The second-order valence-electron chi connectivity index (χ2n) is 6.50. The molecule has 2 heterocycles. The van der Waals surface area contributed by atoms with E-state index in [0.717, 1.165) is 22.5 Å². The Hall–Kier alpha value is -2.70. The van der Waals surface area contributed by atoms with Crippen LogP contribution in [0.4, 0.5) is 4.39 Å². The van der Waals surface area contributed by atoms with Crippen LogP contribution in [0.5, 0.6) is 0 Å². The minimum Gasteiger partial charge on any atom is -0.379 e. The molecule has 132 valence electrons. The summed E-state index contributed by atoms with van der Waals surface area (Å²) < 4.78 is 14.8. The summed E-state index contributed by atoms with van der Waals surface area (Å²) in [5, 5.41) is 11.3. The summed E-state index contributed by atoms with van der Waals surface area (Å²) in [7, 11) is 1.87. The Morgan fingerprint density at radius 3 is 2.64 bits per heavy atom. The van der Waals surface area contributed by atoms with Crippen molar-refractivity contribution in [2.24, 2.45) is 12.2 Å². The highest BCUT2D eigenvalue weighted by molar-refractivity contribution is 6.05. The third-order valence-electron chi connectivity index (χ3n) is 4.60. The highest BCUT2D eigenvalue weighted by atomic mass is 19.1. The summed E-state index contributed by atoms with van der Waals surface area (Å²) in [6.07, 6.45) is 0.329. The molecule has 0 bridgehead atoms. The summed E-state index contributed by atoms with van der Waals surface area (Å²) in [5.41, 5.74) is 3.20. The molecule has 1 aliphatic heterocycles. The van der Waals surface area contributed by atoms with Crippen molar-refractivity contribution >= 4 is 11.6 Å². The van der Waals surface area contributed by atoms with E-state index < -0.39 is 5.60 Å². The SMILES string of the molecule is Cc1nn(C)c(C)c1CNC(=O)[C@@]1(C)CC(c2ccc(F)cc2)=NO1. The van der Waals surface area contributed by atoms with Gasteiger partial charge in [0, 0.05) is 31.3 Å². The first kappa shape index (κ1) is 17.1. The van der Waals surface area contributed by atoms with Crippen molar-refractivity contribution in [3.63, 3.8) is 0 Å². The summed E-state index contributed by atoms with van der Waals surface area (Å²) in [4.78, 5) is 18.0. The molecule has 0 spiro atoms. The number of amides is 1. The first-order chi connectivity index (χ1) is 11.8. The van der Waals surface area contributed by atoms with E-state index in [1.807, 2.05) is 20.9 Å². The van der Waals surface area contributed by atoms with Crippen molar-refractivity contribution in [3.05, 3.63) is 52.6 Å². The van der Waals surface area contributed by atoms with Crippen LogP contribution in [0.1, 0.15) is 35.9 Å². The molecule has 6 nitrogen and oxygen atoms in total. The van der Waals surface area contributed by atoms with E-state index in [0.29, 0.717) is 18.7 Å². The standard InChI is InChI=1S/C18H21FN4O2/c1-11-15(12(2)23(4)21-11)10-20-17(24)18(3)9-16(22-25-18)13-5-7-14(19)8-6-13/h5-8H,9-10H2,1-4H3,(H,20,24)/t18-/m1/s1. The normalized spacial score (nSPS) is 19.5. The minimum atomic E-state index is -1.08. The van der Waals surface area contributed by atoms with Gasteiger partial charge in [0.05, 0.1) is 11.4 Å². The Bertz CT molecular complexity index is 842. The number of nitrogens with zero attached hydrogens (tertiary/aromatic N) is 3. The molecule has 0 fully saturated rings. The van der Waals surface area contributed by atoms with Gasteiger partial charge in [-0.25, -0.2) is 4.39 Å². The number of hydrogen-bond acceptors (Lipinski definition) is 4. The van der Waals surface area contributed by atoms with E-state index in [9.17, 15) is 9.18 Å². The molecule has 1 N–H and O–H groups in total. The molecular weight excluding hydrogens is 323 g/mol. The van der Waals surface area contributed by atoms with Gasteiger partial charge in [0.25, 0.3) is 5.91 Å². The predicted molar refractivity (Wildman–Crippen MR) is 91.6 cm³/mol. The van der Waals surface area contributed by atoms with Crippen molar-refractivity contribution in [3.8, 4) is 0 Å². The van der Waals surface area contributed by atoms with Crippen LogP contribution in [-0.4, -0.2) is 27.0 Å². The molecule has 0 saturated heterocycles. The van der Waals surface area contributed by atoms with E-state index >= 15 is 0 Å². The van der Waals surface area contributed by atoms with Gasteiger partial charge in [-0.05, 0) is 38.5 Å². The highest BCUT2D eigenvalue weighted by Gasteiger charge is 2.42. The Balaban J connectivity index is 1.66. The summed E-state index contributed by atoms with van der Waals surface area (Å²) >= 11 is 0. The lowest BCUT2D eigenvalue weighted by Crippen LogP contribution is -2.44. The molecule has 1 aromatic heterocycles. The molecule has 25 heavy (non-hydrogen) atoms. The van der Waals surface area contributed by atoms with Gasteiger partial charge in [-0.2, -0.15) is 5.10 Å². The Morgan fingerprint density at radius 1 is 1.36 bits per heavy atom. The minimum absolute atomic E-state index is 0.240. The lowest BCUT2D eigenvalue weighted by Gasteiger charge is -2.20. The van der Waals surface area contributed by atoms with Gasteiger partial charge >= 0.3 is 0 Å². The number of aryl methyl sites for hydroxylation is 2. The molecule has 0 saturated carbocycles. The first-order valence-electron chi connectivity index (χ1n) is 8.08. The highest BCUT2D eigenvalue weighted by Crippen LogP contribution is 2.27. The first-order valence-corrected chi connectivity index (χ1v) is 8.08. The molecule has 7 heteroatoms. The van der Waals surface area contributed by atoms with E-state index in [4.69, 9.17) is 4.84 Å². The monoisotopic (exact) mass is 344 g/mol. The fourth-order valence-corrected chi connectivity index (χ4v) is 2.89. The third-order valence-corrected chi connectivity index (χ3v) is 4.60. The average Bonchev–Trinajstić information content (AvgIpc) is 3.08. The van der Waals surface area contributed by atoms with Crippen LogP contribution in [0, 0.1) is 19.7 Å². The van der Waals surface area contributed by atoms with Crippen molar-refractivity contribution in [2.75, 3.05) is 0 Å². The van der Waals surface area contributed by atoms with Crippen LogP contribution < -0.4 is 5.32 Å². The van der Waals surface area contributed by atoms with Crippen LogP contribution in [0.15, 0.2) is 29.4 Å². The molecule has 2 aromatic rings. The van der Waals surface area contributed by atoms with Crippen molar-refractivity contribution < 1.29 is 14.0 Å². The number of aromatic nitrogens is 2. The smallest absolute Gasteiger partial charge is 0.267 e. The molecule has 1 amide bonds. The molecule has 0 radical (unpaired) electrons. The van der Waals surface area contributed by atoms with Crippen LogP contribution in [0.3, 0.4) is 0 Å². The van der Waals surface area contributed by atoms with Gasteiger partial charge in [-0.3, -0.25) is 9.48 Å². The van der Waals surface area contributed by atoms with E-state index in [2.05, 4.69) is 15.6 Å². The number of nitrogens with one attached hydrogen (secondary N) is 1. The molecule has 1 atom stereocenters. The number of benzene rings is 1. The molecule has 3 rings (SSSR count). The van der Waals surface area contributed by atoms with E-state index in [1.54, 1.807) is 23.7 Å². The van der Waals surface area contributed by atoms with Gasteiger partial charge in [0.2, 0.25) is 5.60 Å². The van der Waals surface area contributed by atoms with Crippen LogP contribution in [0.2, 0.25) is 0 Å². The van der Waals surface area contributed by atoms with Crippen molar-refractivity contribution in [1.82, 2.24) is 15.1 Å². The maximum Gasteiger partial charge on any atom is 0.267 e. The maximum atomic E-state index is 13.0. The molecule has 1 aliphatic rings. The molecular formula is C18H21FN4O2. The summed E-state index contributed by atoms with van der Waals surface area (Å²) in [6, 6.07) is 5.98. The summed E-state index contributed by atoms with van der Waals surface area (Å²) in [5.74, 6) is -0.554. The van der Waals surface area contributed by atoms with Crippen molar-refractivity contribution in [2.45, 2.75) is 39.3 Å². The second kappa shape index (κ2) is 6.31. The van der Waals surface area contributed by atoms with Gasteiger partial charge in [-0.15, -0.1) is 0 Å². The lowest BCUT2D eigenvalue weighted by atomic mass is 9.95. The summed E-state index contributed by atoms with van der Waals surface area (Å²) in [6.45, 7) is 5.96. The second-order valence-corrected chi connectivity index (χ2v) is 6.50. The number of carbonyl (C=O) groups excluding carboxylic acids is 1. The van der Waals surface area contributed by atoms with Gasteiger partial charge in [0.15, 0.2) is 0 Å². The van der Waals surface area contributed by atoms with Crippen molar-refractivity contribution in [1.29, 1.82) is 0 Å². The van der Waals surface area contributed by atoms with Crippen LogP contribution >= 0.6 is 0 Å². The zero-order valence-corrected chi connectivity index (χ0v) is 14.8. The average molecular weight is 344 g/mol. The van der Waals surface area contributed by atoms with E-state index in [-0.39, 0.29) is 11.7 Å². The van der Waals surface area contributed by atoms with Gasteiger partial charge in [-0.1, -0.05) is 17.3 Å².